The first-order valence-corrected chi connectivity index (χ1v) is 20.1. The second kappa shape index (κ2) is 18.6. The van der Waals surface area contributed by atoms with Crippen LogP contribution < -0.4 is 26.2 Å². The van der Waals surface area contributed by atoms with Crippen molar-refractivity contribution in [3.05, 3.63) is 11.3 Å². The maximum Gasteiger partial charge on any atom is 0.340 e. The number of amides is 5. The van der Waals surface area contributed by atoms with Gasteiger partial charge in [0, 0.05) is 43.6 Å². The molecule has 0 aromatic heterocycles. The van der Waals surface area contributed by atoms with Crippen LogP contribution in [0.3, 0.4) is 0 Å². The molecule has 5 amide bonds. The van der Waals surface area contributed by atoms with Crippen LogP contribution in [0.2, 0.25) is 0 Å². The van der Waals surface area contributed by atoms with Gasteiger partial charge in [-0.05, 0) is 44.4 Å². The molecule has 0 spiro atoms. The van der Waals surface area contributed by atoms with Crippen molar-refractivity contribution in [3.8, 4) is 0 Å². The fraction of sp³-hybridized carbons (Fsp3) is 0.806. The van der Waals surface area contributed by atoms with E-state index in [2.05, 4.69) is 21.3 Å². The van der Waals surface area contributed by atoms with Gasteiger partial charge in [0.05, 0.1) is 18.3 Å². The number of urea groups is 1. The van der Waals surface area contributed by atoms with Crippen LogP contribution >= 0.6 is 0 Å². The molecule has 0 aromatic carbocycles. The van der Waals surface area contributed by atoms with E-state index < -0.39 is 62.6 Å². The first-order chi connectivity index (χ1) is 23.2. The van der Waals surface area contributed by atoms with E-state index in [-0.39, 0.29) is 42.8 Å². The van der Waals surface area contributed by atoms with Crippen molar-refractivity contribution in [2.45, 2.75) is 138 Å². The van der Waals surface area contributed by atoms with Crippen molar-refractivity contribution in [3.63, 3.8) is 0 Å². The van der Waals surface area contributed by atoms with Gasteiger partial charge < -0.3 is 21.3 Å². The summed E-state index contributed by atoms with van der Waals surface area (Å²) in [5.74, 6) is -2.49. The molecule has 2 rings (SSSR count). The molecule has 0 bridgehead atoms. The fourth-order valence-electron chi connectivity index (χ4n) is 6.96. The molecule has 1 fully saturated rings. The van der Waals surface area contributed by atoms with Gasteiger partial charge in [0.15, 0.2) is 6.04 Å². The third-order valence-electron chi connectivity index (χ3n) is 10.4. The minimum atomic E-state index is -3.50. The molecule has 2 aliphatic rings. The average molecular weight is 726 g/mol. The quantitative estimate of drug-likeness (QED) is 0.143. The van der Waals surface area contributed by atoms with Crippen LogP contribution in [-0.4, -0.2) is 92.8 Å². The van der Waals surface area contributed by atoms with E-state index in [1.165, 1.54) is 11.4 Å². The Morgan fingerprint density at radius 3 is 2.10 bits per heavy atom. The summed E-state index contributed by atoms with van der Waals surface area (Å²) in [4.78, 5) is 68.6. The van der Waals surface area contributed by atoms with Crippen LogP contribution in [-0.2, 0) is 29.2 Å². The van der Waals surface area contributed by atoms with Gasteiger partial charge in [-0.15, -0.1) is 0 Å². The van der Waals surface area contributed by atoms with Crippen molar-refractivity contribution in [1.82, 2.24) is 25.6 Å². The molecule has 1 aliphatic heterocycles. The van der Waals surface area contributed by atoms with Gasteiger partial charge in [0.1, 0.15) is 0 Å². The number of ketones is 1. The van der Waals surface area contributed by atoms with Gasteiger partial charge >= 0.3 is 17.8 Å². The lowest BCUT2D eigenvalue weighted by atomic mass is 9.70. The van der Waals surface area contributed by atoms with E-state index >= 15 is 0 Å². The number of carbonyl (C=O) groups is 5. The Morgan fingerprint density at radius 1 is 0.960 bits per heavy atom. The second-order valence-electron chi connectivity index (χ2n) is 15.7. The van der Waals surface area contributed by atoms with Crippen LogP contribution in [0, 0.1) is 16.7 Å². The van der Waals surface area contributed by atoms with Gasteiger partial charge in [-0.3, -0.25) is 14.4 Å². The summed E-state index contributed by atoms with van der Waals surface area (Å²) in [6, 6.07) is -3.13. The summed E-state index contributed by atoms with van der Waals surface area (Å²) in [7, 11) is -2.01. The topological polar surface area (TPSA) is 175 Å². The van der Waals surface area contributed by atoms with Crippen LogP contribution in [0.25, 0.3) is 0 Å². The molecule has 4 atom stereocenters. The number of sulfonamides is 1. The first-order valence-electron chi connectivity index (χ1n) is 18.5. The zero-order valence-corrected chi connectivity index (χ0v) is 33.0. The Balaban J connectivity index is 2.49. The lowest BCUT2D eigenvalue weighted by Crippen LogP contribution is -3.14. The van der Waals surface area contributed by atoms with Crippen molar-refractivity contribution < 1.29 is 37.3 Å². The molecule has 50 heavy (non-hydrogen) atoms. The van der Waals surface area contributed by atoms with E-state index in [1.807, 2.05) is 48.5 Å². The number of carbonyl (C=O) groups excluding carboxylic acids is 5. The summed E-state index contributed by atoms with van der Waals surface area (Å²) < 4.78 is 26.4. The Kier molecular flexibility index (Phi) is 16.1. The number of Topliss-reactive ketones (excluding diaryl/α,β-unsaturated/α-hetero) is 1. The minimum absolute atomic E-state index is 0.0549. The predicted molar refractivity (Wildman–Crippen MR) is 194 cm³/mol. The maximum atomic E-state index is 14.8. The van der Waals surface area contributed by atoms with Crippen molar-refractivity contribution >= 4 is 39.6 Å². The summed E-state index contributed by atoms with van der Waals surface area (Å²) >= 11 is 0. The summed E-state index contributed by atoms with van der Waals surface area (Å²) in [5, 5.41) is 11.3. The zero-order chi connectivity index (χ0) is 38.0. The number of unbranched alkanes of at least 4 members (excludes halogenated alkanes) is 1. The number of rotatable bonds is 17. The molecule has 0 saturated heterocycles. The van der Waals surface area contributed by atoms with Crippen LogP contribution in [0.5, 0.6) is 0 Å². The first kappa shape index (κ1) is 43.3. The fourth-order valence-corrected chi connectivity index (χ4v) is 7.78. The monoisotopic (exact) mass is 725 g/mol. The zero-order valence-electron chi connectivity index (χ0n) is 32.2. The summed E-state index contributed by atoms with van der Waals surface area (Å²) in [5.41, 5.74) is -0.0426. The molecule has 0 radical (unpaired) electrons. The Morgan fingerprint density at radius 2 is 1.58 bits per heavy atom. The molecule has 0 aromatic rings. The van der Waals surface area contributed by atoms with Gasteiger partial charge in [-0.1, -0.05) is 80.6 Å². The smallest absolute Gasteiger partial charge is 0.340 e. The molecule has 14 heteroatoms. The highest BCUT2D eigenvalue weighted by Crippen LogP contribution is 2.39. The highest BCUT2D eigenvalue weighted by Gasteiger charge is 2.50. The van der Waals surface area contributed by atoms with E-state index in [4.69, 9.17) is 0 Å². The number of hydrogen-bond acceptors (Lipinski definition) is 7. The normalized spacial score (nSPS) is 19.9. The molecule has 286 valence electrons. The highest BCUT2D eigenvalue weighted by molar-refractivity contribution is 7.89. The molecule has 2 unspecified atom stereocenters. The van der Waals surface area contributed by atoms with Crippen molar-refractivity contribution in [1.29, 1.82) is 0 Å². The largest absolute Gasteiger partial charge is 0.350 e. The van der Waals surface area contributed by atoms with E-state index in [9.17, 15) is 32.4 Å². The van der Waals surface area contributed by atoms with Gasteiger partial charge in [-0.2, -0.15) is 0 Å². The summed E-state index contributed by atoms with van der Waals surface area (Å²) in [6.45, 7) is 17.6. The maximum absolute atomic E-state index is 14.8. The molecule has 5 N–H and O–H groups in total. The Labute approximate surface area is 300 Å². The summed E-state index contributed by atoms with van der Waals surface area (Å²) in [6.07, 6.45) is 6.39. The molecule has 1 saturated carbocycles. The highest BCUT2D eigenvalue weighted by atomic mass is 32.2. The van der Waals surface area contributed by atoms with E-state index in [0.717, 1.165) is 31.3 Å². The standard InChI is InChI=1S/C36H64N6O7S/c1-11-14-18-26(29(43)32(45)37-12-2)38-31(44)28-25(24(4)5)19-22-42(28)33(46)30(36(9)20-16-15-17-21-36)40-34(47)39-27(35(6,7)8)23-41(10)50(48,49)13-3/h24,26-27,30H,11-23H2,1-10H3,(H,37,45)(H,38,44)(H2,39,40,47)/p+1/t26?,27-,30-/m1/s1. The Hall–Kier alpha value is -2.84. The van der Waals surface area contributed by atoms with Gasteiger partial charge in [0.2, 0.25) is 21.5 Å². The number of likely N-dealkylation sites (N-methyl/N-ethyl adjacent to an activating group) is 2. The number of quaternary nitrogens is 1. The average Bonchev–Trinajstić information content (AvgIpc) is 3.50. The Bertz CT molecular complexity index is 1360. The van der Waals surface area contributed by atoms with Gasteiger partial charge in [-0.25, -0.2) is 27.2 Å². The number of hydrogen-bond donors (Lipinski definition) is 5. The SMILES string of the molecule is CCCCC(NC(=O)C1=C(C(C)C)CC[NH+]1C(=O)[C@@H](NC(=O)N[C@H](CN(C)S(=O)(=O)CC)C(C)(C)C)C1(C)CCCCC1)C(=O)C(=O)NCC. The lowest BCUT2D eigenvalue weighted by Gasteiger charge is -2.40. The second-order valence-corrected chi connectivity index (χ2v) is 18.0. The van der Waals surface area contributed by atoms with Gasteiger partial charge in [0.25, 0.3) is 5.91 Å². The number of nitrogens with zero attached hydrogens (tertiary/aromatic N) is 1. The van der Waals surface area contributed by atoms with E-state index in [0.29, 0.717) is 37.1 Å². The molecular formula is C36H65N6O7S+. The van der Waals surface area contributed by atoms with Crippen molar-refractivity contribution in [2.75, 3.05) is 32.4 Å². The van der Waals surface area contributed by atoms with Crippen LogP contribution in [0.4, 0.5) is 4.79 Å². The molecular weight excluding hydrogens is 660 g/mol. The van der Waals surface area contributed by atoms with Crippen LogP contribution in [0.1, 0.15) is 120 Å². The van der Waals surface area contributed by atoms with Crippen LogP contribution in [0.15, 0.2) is 11.3 Å². The van der Waals surface area contributed by atoms with E-state index in [1.54, 1.807) is 13.8 Å². The minimum Gasteiger partial charge on any atom is -0.350 e. The molecule has 1 heterocycles. The lowest BCUT2D eigenvalue weighted by molar-refractivity contribution is -0.768. The molecule has 1 aliphatic carbocycles. The van der Waals surface area contributed by atoms with Crippen molar-refractivity contribution in [2.24, 2.45) is 16.7 Å². The predicted octanol–water partition coefficient (Wildman–Crippen LogP) is 2.43. The molecule has 13 nitrogen and oxygen atoms in total. The third kappa shape index (κ3) is 11.3. The third-order valence-corrected chi connectivity index (χ3v) is 12.2. The number of nitrogens with one attached hydrogen (secondary N) is 5.